The highest BCUT2D eigenvalue weighted by molar-refractivity contribution is 5.94. The first-order valence-electron chi connectivity index (χ1n) is 5.74. The van der Waals surface area contributed by atoms with Crippen molar-refractivity contribution in [2.45, 2.75) is 6.54 Å². The van der Waals surface area contributed by atoms with E-state index in [9.17, 15) is 18.0 Å². The van der Waals surface area contributed by atoms with E-state index in [-0.39, 0.29) is 17.8 Å². The maximum Gasteiger partial charge on any atom is 0.251 e. The van der Waals surface area contributed by atoms with E-state index in [0.29, 0.717) is 5.56 Å². The van der Waals surface area contributed by atoms with Gasteiger partial charge in [0.25, 0.3) is 5.91 Å². The molecule has 0 bridgehead atoms. The Morgan fingerprint density at radius 2 is 1.75 bits per heavy atom. The molecule has 2 aromatic rings. The van der Waals surface area contributed by atoms with Gasteiger partial charge < -0.3 is 11.1 Å². The van der Waals surface area contributed by atoms with Crippen molar-refractivity contribution in [2.24, 2.45) is 0 Å². The van der Waals surface area contributed by atoms with Crippen molar-refractivity contribution in [3.05, 3.63) is 65.0 Å². The van der Waals surface area contributed by atoms with E-state index < -0.39 is 23.4 Å². The van der Waals surface area contributed by atoms with Crippen LogP contribution < -0.4 is 11.1 Å². The summed E-state index contributed by atoms with van der Waals surface area (Å²) in [6.07, 6.45) is 0. The van der Waals surface area contributed by atoms with E-state index >= 15 is 0 Å². The topological polar surface area (TPSA) is 55.1 Å². The zero-order valence-corrected chi connectivity index (χ0v) is 10.3. The molecule has 0 unspecified atom stereocenters. The molecule has 0 aliphatic carbocycles. The highest BCUT2D eigenvalue weighted by Gasteiger charge is 2.09. The van der Waals surface area contributed by atoms with Gasteiger partial charge in [0.1, 0.15) is 5.82 Å². The smallest absolute Gasteiger partial charge is 0.251 e. The van der Waals surface area contributed by atoms with Crippen molar-refractivity contribution >= 4 is 11.6 Å². The zero-order chi connectivity index (χ0) is 14.7. The summed E-state index contributed by atoms with van der Waals surface area (Å²) in [5, 5.41) is 2.47. The van der Waals surface area contributed by atoms with Crippen LogP contribution >= 0.6 is 0 Å². The number of nitrogens with one attached hydrogen (secondary N) is 1. The molecule has 2 aromatic carbocycles. The summed E-state index contributed by atoms with van der Waals surface area (Å²) in [4.78, 5) is 11.7. The van der Waals surface area contributed by atoms with Gasteiger partial charge in [0.15, 0.2) is 11.6 Å². The molecule has 0 spiro atoms. The van der Waals surface area contributed by atoms with Crippen molar-refractivity contribution in [3.63, 3.8) is 0 Å². The van der Waals surface area contributed by atoms with Gasteiger partial charge in [-0.05, 0) is 35.9 Å². The molecule has 3 nitrogen and oxygen atoms in total. The van der Waals surface area contributed by atoms with Gasteiger partial charge in [-0.25, -0.2) is 13.2 Å². The summed E-state index contributed by atoms with van der Waals surface area (Å²) >= 11 is 0. The van der Waals surface area contributed by atoms with Crippen LogP contribution in [0.2, 0.25) is 0 Å². The fraction of sp³-hybridized carbons (Fsp3) is 0.0714. The van der Waals surface area contributed by atoms with Crippen molar-refractivity contribution in [2.75, 3.05) is 5.73 Å². The van der Waals surface area contributed by atoms with Crippen LogP contribution in [0, 0.1) is 17.5 Å². The SMILES string of the molecule is Nc1ccc(C(=O)NCc2ccc(F)c(F)c2)cc1F. The lowest BCUT2D eigenvalue weighted by molar-refractivity contribution is 0.0950. The quantitative estimate of drug-likeness (QED) is 0.849. The molecule has 0 aliphatic rings. The Balaban J connectivity index is 2.04. The maximum absolute atomic E-state index is 13.2. The summed E-state index contributed by atoms with van der Waals surface area (Å²) in [6, 6.07) is 6.97. The first-order valence-corrected chi connectivity index (χ1v) is 5.74. The Bertz CT molecular complexity index is 659. The van der Waals surface area contributed by atoms with Gasteiger partial charge >= 0.3 is 0 Å². The lowest BCUT2D eigenvalue weighted by atomic mass is 10.1. The minimum absolute atomic E-state index is 0.00201. The number of nitrogen functional groups attached to an aromatic ring is 1. The van der Waals surface area contributed by atoms with Crippen molar-refractivity contribution in [1.82, 2.24) is 5.32 Å². The number of nitrogens with two attached hydrogens (primary N) is 1. The molecule has 0 saturated heterocycles. The van der Waals surface area contributed by atoms with Crippen LogP contribution in [0.15, 0.2) is 36.4 Å². The third kappa shape index (κ3) is 3.09. The van der Waals surface area contributed by atoms with E-state index in [1.165, 1.54) is 18.2 Å². The number of benzene rings is 2. The van der Waals surface area contributed by atoms with Crippen molar-refractivity contribution in [1.29, 1.82) is 0 Å². The lowest BCUT2D eigenvalue weighted by Gasteiger charge is -2.06. The van der Waals surface area contributed by atoms with Crippen LogP contribution in [0.1, 0.15) is 15.9 Å². The monoisotopic (exact) mass is 280 g/mol. The third-order valence-corrected chi connectivity index (χ3v) is 2.70. The van der Waals surface area contributed by atoms with Crippen LogP contribution in [0.25, 0.3) is 0 Å². The fourth-order valence-corrected chi connectivity index (χ4v) is 1.60. The fourth-order valence-electron chi connectivity index (χ4n) is 1.60. The average molecular weight is 280 g/mol. The Hall–Kier alpha value is -2.50. The molecule has 0 atom stereocenters. The van der Waals surface area contributed by atoms with Crippen molar-refractivity contribution < 1.29 is 18.0 Å². The Morgan fingerprint density at radius 3 is 2.40 bits per heavy atom. The van der Waals surface area contributed by atoms with Gasteiger partial charge in [0.2, 0.25) is 0 Å². The first-order chi connectivity index (χ1) is 9.47. The molecule has 0 aliphatic heterocycles. The molecule has 0 heterocycles. The lowest BCUT2D eigenvalue weighted by Crippen LogP contribution is -2.23. The maximum atomic E-state index is 13.2. The van der Waals surface area contributed by atoms with E-state index in [0.717, 1.165) is 18.2 Å². The minimum atomic E-state index is -0.990. The number of rotatable bonds is 3. The molecule has 0 fully saturated rings. The molecule has 6 heteroatoms. The molecule has 0 aromatic heterocycles. The van der Waals surface area contributed by atoms with Gasteiger partial charge in [-0.3, -0.25) is 4.79 Å². The second-order valence-electron chi connectivity index (χ2n) is 4.17. The Labute approximate surface area is 113 Å². The third-order valence-electron chi connectivity index (χ3n) is 2.70. The number of amides is 1. The van der Waals surface area contributed by atoms with E-state index in [1.807, 2.05) is 0 Å². The number of halogens is 3. The van der Waals surface area contributed by atoms with E-state index in [4.69, 9.17) is 5.73 Å². The first kappa shape index (κ1) is 13.9. The van der Waals surface area contributed by atoms with E-state index in [2.05, 4.69) is 5.32 Å². The molecular formula is C14H11F3N2O. The van der Waals surface area contributed by atoms with Crippen LogP contribution in [0.4, 0.5) is 18.9 Å². The number of hydrogen-bond donors (Lipinski definition) is 2. The van der Waals surface area contributed by atoms with Crippen LogP contribution in [-0.4, -0.2) is 5.91 Å². The standard InChI is InChI=1S/C14H11F3N2O/c15-10-3-1-8(5-11(10)16)7-19-14(20)9-2-4-13(18)12(17)6-9/h1-6H,7,18H2,(H,19,20). The summed E-state index contributed by atoms with van der Waals surface area (Å²) in [5.41, 5.74) is 5.74. The molecule has 3 N–H and O–H groups in total. The summed E-state index contributed by atoms with van der Waals surface area (Å²) in [6.45, 7) is 0.00201. The van der Waals surface area contributed by atoms with Crippen molar-refractivity contribution in [3.8, 4) is 0 Å². The summed E-state index contributed by atoms with van der Waals surface area (Å²) in [5.74, 6) is -3.17. The molecule has 1 amide bonds. The van der Waals surface area contributed by atoms with Crippen LogP contribution in [-0.2, 0) is 6.54 Å². The highest BCUT2D eigenvalue weighted by atomic mass is 19.2. The average Bonchev–Trinajstić information content (AvgIpc) is 2.43. The van der Waals surface area contributed by atoms with E-state index in [1.54, 1.807) is 0 Å². The number of hydrogen-bond acceptors (Lipinski definition) is 2. The summed E-state index contributed by atoms with van der Waals surface area (Å²) < 4.78 is 38.9. The van der Waals surface area contributed by atoms with Crippen LogP contribution in [0.3, 0.4) is 0 Å². The normalized spacial score (nSPS) is 10.3. The molecular weight excluding hydrogens is 269 g/mol. The summed E-state index contributed by atoms with van der Waals surface area (Å²) in [7, 11) is 0. The molecule has 0 saturated carbocycles. The van der Waals surface area contributed by atoms with Gasteiger partial charge in [-0.1, -0.05) is 6.07 Å². The van der Waals surface area contributed by atoms with Gasteiger partial charge in [0.05, 0.1) is 5.69 Å². The van der Waals surface area contributed by atoms with Gasteiger partial charge in [-0.2, -0.15) is 0 Å². The predicted molar refractivity (Wildman–Crippen MR) is 68.3 cm³/mol. The zero-order valence-electron chi connectivity index (χ0n) is 10.3. The predicted octanol–water partition coefficient (Wildman–Crippen LogP) is 2.62. The number of carbonyl (C=O) groups excluding carboxylic acids is 1. The Kier molecular flexibility index (Phi) is 3.93. The largest absolute Gasteiger partial charge is 0.396 e. The van der Waals surface area contributed by atoms with Gasteiger partial charge in [0, 0.05) is 12.1 Å². The van der Waals surface area contributed by atoms with Crippen LogP contribution in [0.5, 0.6) is 0 Å². The second-order valence-corrected chi connectivity index (χ2v) is 4.17. The highest BCUT2D eigenvalue weighted by Crippen LogP contribution is 2.12. The number of carbonyl (C=O) groups is 1. The number of anilines is 1. The minimum Gasteiger partial charge on any atom is -0.396 e. The Morgan fingerprint density at radius 1 is 1.00 bits per heavy atom. The van der Waals surface area contributed by atoms with Gasteiger partial charge in [-0.15, -0.1) is 0 Å². The molecule has 2 rings (SSSR count). The molecule has 104 valence electrons. The molecule has 20 heavy (non-hydrogen) atoms. The molecule has 0 radical (unpaired) electrons. The second kappa shape index (κ2) is 5.64.